The predicted octanol–water partition coefficient (Wildman–Crippen LogP) is 8.77. The van der Waals surface area contributed by atoms with Crippen molar-refractivity contribution in [2.45, 2.75) is 39.0 Å². The SMILES string of the molecule is [2H]C([2H])([2H])N1CN(c2[c-]c(C(C)(C)c3[c-]c4c(cc3)c3ccccc3n4-c3cc(C(C)C)ccn3)ccc2)c2ccccc21.[Pt+2]. The summed E-state index contributed by atoms with van der Waals surface area (Å²) in [6, 6.07) is 38.3. The van der Waals surface area contributed by atoms with Crippen LogP contribution in [0.25, 0.3) is 27.6 Å². The smallest absolute Gasteiger partial charge is 0.355 e. The minimum absolute atomic E-state index is 0. The van der Waals surface area contributed by atoms with Crippen LogP contribution in [0, 0.1) is 12.1 Å². The van der Waals surface area contributed by atoms with E-state index in [0.29, 0.717) is 11.6 Å². The molecule has 4 nitrogen and oxygen atoms in total. The van der Waals surface area contributed by atoms with Crippen molar-refractivity contribution >= 4 is 38.9 Å². The zero-order chi connectivity index (χ0) is 30.8. The van der Waals surface area contributed by atoms with Gasteiger partial charge in [-0.1, -0.05) is 69.2 Å². The Morgan fingerprint density at radius 1 is 0.833 bits per heavy atom. The van der Waals surface area contributed by atoms with Crippen LogP contribution in [0.15, 0.2) is 97.2 Å². The number of hydrogen-bond acceptors (Lipinski definition) is 3. The summed E-state index contributed by atoms with van der Waals surface area (Å²) in [6.45, 7) is 6.77. The largest absolute Gasteiger partial charge is 2.00 e. The van der Waals surface area contributed by atoms with Crippen molar-refractivity contribution < 1.29 is 25.2 Å². The number of anilines is 3. The average molecular weight is 733 g/mol. The van der Waals surface area contributed by atoms with E-state index >= 15 is 0 Å². The van der Waals surface area contributed by atoms with Gasteiger partial charge in [-0.15, -0.1) is 11.5 Å². The molecule has 5 heteroatoms. The topological polar surface area (TPSA) is 24.3 Å². The van der Waals surface area contributed by atoms with Crippen molar-refractivity contribution in [1.82, 2.24) is 9.55 Å². The maximum atomic E-state index is 8.10. The van der Waals surface area contributed by atoms with E-state index in [9.17, 15) is 0 Å². The Hall–Kier alpha value is -3.88. The third kappa shape index (κ3) is 4.53. The van der Waals surface area contributed by atoms with E-state index < -0.39 is 12.4 Å². The molecule has 0 N–H and O–H groups in total. The van der Waals surface area contributed by atoms with E-state index in [1.165, 1.54) is 15.8 Å². The van der Waals surface area contributed by atoms with Gasteiger partial charge in [-0.3, -0.25) is 0 Å². The van der Waals surface area contributed by atoms with Crippen molar-refractivity contribution in [2.24, 2.45) is 0 Å². The maximum absolute atomic E-state index is 8.10. The number of pyridine rings is 1. The molecular formula is C37H34N4Pt. The second kappa shape index (κ2) is 10.7. The first-order valence-corrected chi connectivity index (χ1v) is 14.1. The van der Waals surface area contributed by atoms with Gasteiger partial charge in [0.2, 0.25) is 0 Å². The summed E-state index contributed by atoms with van der Waals surface area (Å²) in [5.41, 5.74) is 7.32. The van der Waals surface area contributed by atoms with Crippen LogP contribution in [0.1, 0.15) is 54.4 Å². The first kappa shape index (κ1) is 24.7. The van der Waals surface area contributed by atoms with Gasteiger partial charge < -0.3 is 14.4 Å². The molecule has 0 radical (unpaired) electrons. The van der Waals surface area contributed by atoms with Gasteiger partial charge in [0.05, 0.1) is 18.0 Å². The second-order valence-corrected chi connectivity index (χ2v) is 11.6. The third-order valence-electron chi connectivity index (χ3n) is 8.41. The molecule has 0 saturated carbocycles. The van der Waals surface area contributed by atoms with E-state index in [-0.39, 0.29) is 27.7 Å². The summed E-state index contributed by atoms with van der Waals surface area (Å²) in [6.07, 6.45) is 1.89. The van der Waals surface area contributed by atoms with E-state index in [2.05, 4.69) is 99.0 Å². The summed E-state index contributed by atoms with van der Waals surface area (Å²) in [7, 11) is 0. The number of rotatable bonds is 5. The first-order chi connectivity index (χ1) is 21.0. The van der Waals surface area contributed by atoms with Crippen LogP contribution in [0.4, 0.5) is 17.1 Å². The molecule has 0 amide bonds. The summed E-state index contributed by atoms with van der Waals surface area (Å²) in [5.74, 6) is 1.27. The quantitative estimate of drug-likeness (QED) is 0.166. The van der Waals surface area contributed by atoms with E-state index in [1.807, 2.05) is 47.5 Å². The van der Waals surface area contributed by atoms with Crippen LogP contribution >= 0.6 is 0 Å². The number of fused-ring (bicyclic) bond motifs is 4. The molecular weight excluding hydrogens is 696 g/mol. The Labute approximate surface area is 267 Å². The van der Waals surface area contributed by atoms with Gasteiger partial charge >= 0.3 is 21.1 Å². The fraction of sp³-hybridized carbons (Fsp3) is 0.216. The van der Waals surface area contributed by atoms with Crippen LogP contribution < -0.4 is 9.80 Å². The molecule has 0 fully saturated rings. The number of benzene rings is 4. The van der Waals surface area contributed by atoms with Crippen molar-refractivity contribution in [1.29, 1.82) is 0 Å². The van der Waals surface area contributed by atoms with Gasteiger partial charge in [-0.05, 0) is 52.6 Å². The molecule has 1 aliphatic heterocycles. The van der Waals surface area contributed by atoms with Gasteiger partial charge in [0, 0.05) is 22.8 Å². The van der Waals surface area contributed by atoms with Gasteiger partial charge in [0.1, 0.15) is 5.82 Å². The molecule has 0 atom stereocenters. The molecule has 212 valence electrons. The standard InChI is InChI=1S/C37H34N4.Pt/c1-25(2)26-19-20-38-36(21-26)41-32-14-7-6-13-30(32)31-18-17-28(23-35(31)41)37(3,4)27-11-10-12-29(22-27)40-24-39(5)33-15-8-9-16-34(33)40;/h6-21,25H,24H2,1-5H3;/q-2;+2/i5D3;. The molecule has 0 bridgehead atoms. The van der Waals surface area contributed by atoms with Crippen LogP contribution in [0.2, 0.25) is 0 Å². The molecule has 2 aromatic heterocycles. The second-order valence-electron chi connectivity index (χ2n) is 11.6. The fourth-order valence-electron chi connectivity index (χ4n) is 5.96. The van der Waals surface area contributed by atoms with Gasteiger partial charge in [0.15, 0.2) is 0 Å². The number of para-hydroxylation sites is 3. The molecule has 6 aromatic rings. The molecule has 0 saturated heterocycles. The molecule has 0 aliphatic carbocycles. The van der Waals surface area contributed by atoms with E-state index in [0.717, 1.165) is 44.7 Å². The minimum Gasteiger partial charge on any atom is -0.355 e. The molecule has 1 aliphatic rings. The van der Waals surface area contributed by atoms with Crippen LogP contribution in [0.5, 0.6) is 0 Å². The first-order valence-electron chi connectivity index (χ1n) is 15.6. The van der Waals surface area contributed by atoms with E-state index in [4.69, 9.17) is 9.10 Å². The Balaban J connectivity index is 0.00000357. The van der Waals surface area contributed by atoms with Crippen LogP contribution in [0.3, 0.4) is 0 Å². The molecule has 42 heavy (non-hydrogen) atoms. The van der Waals surface area contributed by atoms with Crippen molar-refractivity contribution in [3.63, 3.8) is 0 Å². The zero-order valence-corrected chi connectivity index (χ0v) is 26.4. The summed E-state index contributed by atoms with van der Waals surface area (Å²) in [5, 5.41) is 2.30. The zero-order valence-electron chi connectivity index (χ0n) is 27.1. The Morgan fingerprint density at radius 2 is 1.60 bits per heavy atom. The molecule has 0 spiro atoms. The normalized spacial score (nSPS) is 14.5. The molecule has 3 heterocycles. The molecule has 7 rings (SSSR count). The Morgan fingerprint density at radius 3 is 2.40 bits per heavy atom. The number of aromatic nitrogens is 2. The predicted molar refractivity (Wildman–Crippen MR) is 171 cm³/mol. The van der Waals surface area contributed by atoms with Gasteiger partial charge in [-0.2, -0.15) is 47.5 Å². The summed E-state index contributed by atoms with van der Waals surface area (Å²) < 4.78 is 26.5. The minimum atomic E-state index is -2.24. The van der Waals surface area contributed by atoms with Crippen molar-refractivity contribution in [3.8, 4) is 5.82 Å². The van der Waals surface area contributed by atoms with Crippen molar-refractivity contribution in [2.75, 3.05) is 23.4 Å². The average Bonchev–Trinajstić information content (AvgIpc) is 3.58. The number of hydrogen-bond donors (Lipinski definition) is 0. The van der Waals surface area contributed by atoms with Crippen molar-refractivity contribution in [3.05, 3.63) is 126 Å². The van der Waals surface area contributed by atoms with Gasteiger partial charge in [-0.25, -0.2) is 4.98 Å². The summed E-state index contributed by atoms with van der Waals surface area (Å²) in [4.78, 5) is 8.30. The Bertz CT molecular complexity index is 2030. The Kier molecular flexibility index (Phi) is 6.32. The van der Waals surface area contributed by atoms with Crippen LogP contribution in [-0.2, 0) is 26.5 Å². The molecule has 4 aromatic carbocycles. The summed E-state index contributed by atoms with van der Waals surface area (Å²) >= 11 is 0. The fourth-order valence-corrected chi connectivity index (χ4v) is 5.96. The molecule has 0 unspecified atom stereocenters. The van der Waals surface area contributed by atoms with Crippen LogP contribution in [-0.4, -0.2) is 23.2 Å². The third-order valence-corrected chi connectivity index (χ3v) is 8.41. The van der Waals surface area contributed by atoms with E-state index in [1.54, 1.807) is 0 Å². The van der Waals surface area contributed by atoms with Gasteiger partial charge in [0.25, 0.3) is 0 Å². The monoisotopic (exact) mass is 732 g/mol. The maximum Gasteiger partial charge on any atom is 2.00 e. The number of nitrogens with zero attached hydrogens (tertiary/aromatic N) is 4.